The van der Waals surface area contributed by atoms with Gasteiger partial charge in [0, 0.05) is 16.4 Å². The third-order valence-corrected chi connectivity index (χ3v) is 5.43. The summed E-state index contributed by atoms with van der Waals surface area (Å²) in [6.07, 6.45) is 9.06. The summed E-state index contributed by atoms with van der Waals surface area (Å²) >= 11 is 3.77. The van der Waals surface area contributed by atoms with Crippen LogP contribution in [0.2, 0.25) is 0 Å². The molecule has 0 radical (unpaired) electrons. The predicted octanol–water partition coefficient (Wildman–Crippen LogP) is 3.71. The third-order valence-electron chi connectivity index (χ3n) is 4.72. The molecule has 92 valence electrons. The zero-order chi connectivity index (χ0) is 11.9. The Labute approximate surface area is 112 Å². The average Bonchev–Trinajstić information content (AvgIpc) is 2.28. The molecular formula is C15H20BrN. The molecule has 0 heterocycles. The van der Waals surface area contributed by atoms with E-state index in [2.05, 4.69) is 28.1 Å². The van der Waals surface area contributed by atoms with E-state index in [-0.39, 0.29) is 0 Å². The highest BCUT2D eigenvalue weighted by Crippen LogP contribution is 2.45. The van der Waals surface area contributed by atoms with Crippen molar-refractivity contribution in [2.24, 2.45) is 5.73 Å². The fourth-order valence-corrected chi connectivity index (χ4v) is 4.03. The van der Waals surface area contributed by atoms with Crippen LogP contribution in [0.1, 0.15) is 48.8 Å². The van der Waals surface area contributed by atoms with Gasteiger partial charge in [0.05, 0.1) is 0 Å². The molecule has 0 aliphatic heterocycles. The minimum absolute atomic E-state index is 0.301. The van der Waals surface area contributed by atoms with Crippen LogP contribution < -0.4 is 5.73 Å². The summed E-state index contributed by atoms with van der Waals surface area (Å²) < 4.78 is 1.32. The molecule has 1 nitrogen and oxygen atoms in total. The lowest BCUT2D eigenvalue weighted by atomic mass is 9.64. The maximum Gasteiger partial charge on any atom is 0.0213 e. The minimum atomic E-state index is 0.301. The second-order valence-corrected chi connectivity index (χ2v) is 6.50. The quantitative estimate of drug-likeness (QED) is 0.884. The van der Waals surface area contributed by atoms with Gasteiger partial charge in [-0.25, -0.2) is 0 Å². The molecule has 0 aromatic heterocycles. The van der Waals surface area contributed by atoms with Gasteiger partial charge in [-0.3, -0.25) is 0 Å². The molecule has 0 spiro atoms. The van der Waals surface area contributed by atoms with E-state index in [9.17, 15) is 0 Å². The first-order valence-corrected chi connectivity index (χ1v) is 7.56. The normalized spacial score (nSPS) is 21.8. The minimum Gasteiger partial charge on any atom is -0.330 e. The van der Waals surface area contributed by atoms with Gasteiger partial charge in [0.2, 0.25) is 0 Å². The van der Waals surface area contributed by atoms with Crippen molar-refractivity contribution in [3.05, 3.63) is 33.3 Å². The third kappa shape index (κ3) is 1.86. The maximum absolute atomic E-state index is 6.01. The second-order valence-electron chi connectivity index (χ2n) is 5.64. The van der Waals surface area contributed by atoms with Crippen molar-refractivity contribution in [2.45, 2.75) is 50.4 Å². The van der Waals surface area contributed by atoms with Crippen molar-refractivity contribution in [3.8, 4) is 0 Å². The molecule has 0 amide bonds. The van der Waals surface area contributed by atoms with Crippen molar-refractivity contribution >= 4 is 15.9 Å². The highest BCUT2D eigenvalue weighted by Gasteiger charge is 2.37. The molecule has 1 saturated carbocycles. The van der Waals surface area contributed by atoms with Crippen molar-refractivity contribution < 1.29 is 0 Å². The highest BCUT2D eigenvalue weighted by molar-refractivity contribution is 9.10. The molecule has 1 fully saturated rings. The van der Waals surface area contributed by atoms with Gasteiger partial charge in [-0.1, -0.05) is 28.4 Å². The lowest BCUT2D eigenvalue weighted by molar-refractivity contribution is 0.252. The second kappa shape index (κ2) is 4.40. The maximum atomic E-state index is 6.01. The lowest BCUT2D eigenvalue weighted by Crippen LogP contribution is -2.41. The molecule has 2 aliphatic carbocycles. The smallest absolute Gasteiger partial charge is 0.0213 e. The molecule has 0 saturated heterocycles. The Hall–Kier alpha value is -0.340. The Morgan fingerprint density at radius 2 is 1.88 bits per heavy atom. The molecule has 2 heteroatoms. The highest BCUT2D eigenvalue weighted by atomic mass is 79.9. The van der Waals surface area contributed by atoms with Gasteiger partial charge in [-0.05, 0) is 61.3 Å². The first kappa shape index (κ1) is 11.7. The van der Waals surface area contributed by atoms with E-state index in [0.29, 0.717) is 5.41 Å². The summed E-state index contributed by atoms with van der Waals surface area (Å²) in [5, 5.41) is 0. The topological polar surface area (TPSA) is 26.0 Å². The van der Waals surface area contributed by atoms with Crippen LogP contribution in [0.4, 0.5) is 0 Å². The van der Waals surface area contributed by atoms with Crippen LogP contribution in [-0.2, 0) is 18.3 Å². The summed E-state index contributed by atoms with van der Waals surface area (Å²) in [6.45, 7) is 0.804. The van der Waals surface area contributed by atoms with Crippen molar-refractivity contribution in [2.75, 3.05) is 6.54 Å². The van der Waals surface area contributed by atoms with Crippen LogP contribution in [0.5, 0.6) is 0 Å². The summed E-state index contributed by atoms with van der Waals surface area (Å²) in [4.78, 5) is 0. The number of halogens is 1. The Morgan fingerprint density at radius 3 is 2.53 bits per heavy atom. The summed E-state index contributed by atoms with van der Waals surface area (Å²) in [5.41, 5.74) is 10.9. The van der Waals surface area contributed by atoms with Gasteiger partial charge >= 0.3 is 0 Å². The van der Waals surface area contributed by atoms with Gasteiger partial charge in [0.1, 0.15) is 0 Å². The molecule has 2 N–H and O–H groups in total. The van der Waals surface area contributed by atoms with E-state index in [0.717, 1.165) is 6.54 Å². The standard InChI is InChI=1S/C15H20BrN/c16-14-9-12(15(10-17)6-3-7-15)8-11-4-1-2-5-13(11)14/h8-9H,1-7,10,17H2. The molecule has 3 rings (SSSR count). The summed E-state index contributed by atoms with van der Waals surface area (Å²) in [5.74, 6) is 0. The van der Waals surface area contributed by atoms with Crippen LogP contribution in [0.25, 0.3) is 0 Å². The van der Waals surface area contributed by atoms with E-state index in [1.54, 1.807) is 11.1 Å². The van der Waals surface area contributed by atoms with Gasteiger partial charge < -0.3 is 5.73 Å². The molecule has 0 bridgehead atoms. The van der Waals surface area contributed by atoms with Crippen LogP contribution in [0.3, 0.4) is 0 Å². The van der Waals surface area contributed by atoms with E-state index in [4.69, 9.17) is 5.73 Å². The number of hydrogen-bond donors (Lipinski definition) is 1. The van der Waals surface area contributed by atoms with E-state index in [1.807, 2.05) is 0 Å². The molecule has 2 aliphatic rings. The fraction of sp³-hybridized carbons (Fsp3) is 0.600. The van der Waals surface area contributed by atoms with Gasteiger partial charge in [-0.2, -0.15) is 0 Å². The van der Waals surface area contributed by atoms with Crippen molar-refractivity contribution in [3.63, 3.8) is 0 Å². The monoisotopic (exact) mass is 293 g/mol. The molecular weight excluding hydrogens is 274 g/mol. The van der Waals surface area contributed by atoms with Crippen LogP contribution >= 0.6 is 15.9 Å². The number of benzene rings is 1. The Kier molecular flexibility index (Phi) is 3.04. The average molecular weight is 294 g/mol. The molecule has 17 heavy (non-hydrogen) atoms. The predicted molar refractivity (Wildman–Crippen MR) is 75.4 cm³/mol. The zero-order valence-electron chi connectivity index (χ0n) is 10.3. The van der Waals surface area contributed by atoms with Crippen molar-refractivity contribution in [1.29, 1.82) is 0 Å². The van der Waals surface area contributed by atoms with E-state index < -0.39 is 0 Å². The van der Waals surface area contributed by atoms with Gasteiger partial charge in [-0.15, -0.1) is 0 Å². The first-order chi connectivity index (χ1) is 8.25. The number of fused-ring (bicyclic) bond motifs is 1. The van der Waals surface area contributed by atoms with Crippen LogP contribution in [-0.4, -0.2) is 6.54 Å². The Bertz CT molecular complexity index is 429. The summed E-state index contributed by atoms with van der Waals surface area (Å²) in [6, 6.07) is 4.79. The van der Waals surface area contributed by atoms with Crippen LogP contribution in [0, 0.1) is 0 Å². The summed E-state index contributed by atoms with van der Waals surface area (Å²) in [7, 11) is 0. The van der Waals surface area contributed by atoms with E-state index in [1.165, 1.54) is 55.0 Å². The van der Waals surface area contributed by atoms with Gasteiger partial charge in [0.15, 0.2) is 0 Å². The Morgan fingerprint density at radius 1 is 1.12 bits per heavy atom. The van der Waals surface area contributed by atoms with Crippen molar-refractivity contribution in [1.82, 2.24) is 0 Å². The molecule has 0 atom stereocenters. The lowest BCUT2D eigenvalue weighted by Gasteiger charge is -2.42. The first-order valence-electron chi connectivity index (χ1n) is 6.77. The molecule has 0 unspecified atom stereocenters. The SMILES string of the molecule is NCC1(c2cc(Br)c3c(c2)CCCC3)CCC1. The number of hydrogen-bond acceptors (Lipinski definition) is 1. The zero-order valence-corrected chi connectivity index (χ0v) is 11.9. The Balaban J connectivity index is 2.04. The largest absolute Gasteiger partial charge is 0.330 e. The molecule has 1 aromatic carbocycles. The fourth-order valence-electron chi connectivity index (χ4n) is 3.33. The van der Waals surface area contributed by atoms with Gasteiger partial charge in [0.25, 0.3) is 0 Å². The number of nitrogens with two attached hydrogens (primary N) is 1. The molecule has 1 aromatic rings. The number of aryl methyl sites for hydroxylation is 1. The number of rotatable bonds is 2. The van der Waals surface area contributed by atoms with Crippen LogP contribution in [0.15, 0.2) is 16.6 Å². The van der Waals surface area contributed by atoms with E-state index >= 15 is 0 Å².